The van der Waals surface area contributed by atoms with E-state index in [9.17, 15) is 13.2 Å². The van der Waals surface area contributed by atoms with E-state index in [1.165, 1.54) is 23.6 Å². The van der Waals surface area contributed by atoms with Crippen molar-refractivity contribution in [2.75, 3.05) is 21.9 Å². The molecule has 6 heteroatoms. The van der Waals surface area contributed by atoms with Gasteiger partial charge in [0, 0.05) is 12.2 Å². The second-order valence-electron chi connectivity index (χ2n) is 8.94. The standard InChI is InChI=1S/C20H26N2O3S/c23-19(20-11-14-8-15(12-20)10-16(9-14)13-20)21-17-2-4-18(5-3-17)22-6-1-7-26(22,24)25/h2-5,14-16H,1,6-13H2,(H,21,23). The van der Waals surface area contributed by atoms with Gasteiger partial charge in [0.15, 0.2) is 0 Å². The van der Waals surface area contributed by atoms with Crippen molar-refractivity contribution >= 4 is 27.3 Å². The third-order valence-electron chi connectivity index (χ3n) is 7.03. The zero-order valence-electron chi connectivity index (χ0n) is 15.0. The average molecular weight is 375 g/mol. The summed E-state index contributed by atoms with van der Waals surface area (Å²) in [5.41, 5.74) is 1.30. The van der Waals surface area contributed by atoms with Crippen molar-refractivity contribution < 1.29 is 13.2 Å². The highest BCUT2D eigenvalue weighted by Crippen LogP contribution is 2.60. The van der Waals surface area contributed by atoms with Crippen LogP contribution in [0.4, 0.5) is 11.4 Å². The monoisotopic (exact) mass is 374 g/mol. The van der Waals surface area contributed by atoms with Gasteiger partial charge in [0.1, 0.15) is 0 Å². The van der Waals surface area contributed by atoms with Crippen molar-refractivity contribution in [3.8, 4) is 0 Å². The lowest BCUT2D eigenvalue weighted by Gasteiger charge is -2.55. The molecule has 0 atom stereocenters. The first-order valence-electron chi connectivity index (χ1n) is 9.85. The Morgan fingerprint density at radius 2 is 1.58 bits per heavy atom. The number of hydrogen-bond acceptors (Lipinski definition) is 3. The molecule has 1 aromatic rings. The van der Waals surface area contributed by atoms with Crippen LogP contribution in [0.2, 0.25) is 0 Å². The molecule has 4 bridgehead atoms. The zero-order chi connectivity index (χ0) is 17.9. The van der Waals surface area contributed by atoms with Crippen molar-refractivity contribution in [2.24, 2.45) is 23.2 Å². The molecule has 1 aromatic carbocycles. The van der Waals surface area contributed by atoms with Crippen molar-refractivity contribution in [3.63, 3.8) is 0 Å². The van der Waals surface area contributed by atoms with E-state index in [2.05, 4.69) is 5.32 Å². The second-order valence-corrected chi connectivity index (χ2v) is 11.0. The Hall–Kier alpha value is -1.56. The highest BCUT2D eigenvalue weighted by Gasteiger charge is 2.54. The summed E-state index contributed by atoms with van der Waals surface area (Å²) in [6, 6.07) is 7.28. The number of rotatable bonds is 3. The van der Waals surface area contributed by atoms with Crippen LogP contribution in [0.3, 0.4) is 0 Å². The maximum Gasteiger partial charge on any atom is 0.235 e. The number of hydrogen-bond donors (Lipinski definition) is 1. The molecule has 0 radical (unpaired) electrons. The molecule has 5 aliphatic rings. The summed E-state index contributed by atoms with van der Waals surface area (Å²) in [7, 11) is -3.16. The molecule has 1 N–H and O–H groups in total. The maximum atomic E-state index is 13.1. The van der Waals surface area contributed by atoms with Gasteiger partial charge >= 0.3 is 0 Å². The van der Waals surface area contributed by atoms with Gasteiger partial charge in [0.05, 0.1) is 16.9 Å². The summed E-state index contributed by atoms with van der Waals surface area (Å²) in [4.78, 5) is 13.1. The maximum absolute atomic E-state index is 13.1. The Balaban J connectivity index is 1.32. The van der Waals surface area contributed by atoms with Crippen LogP contribution in [0, 0.1) is 23.2 Å². The fraction of sp³-hybridized carbons (Fsp3) is 0.650. The number of amides is 1. The van der Waals surface area contributed by atoms with Crippen molar-refractivity contribution in [1.29, 1.82) is 0 Å². The van der Waals surface area contributed by atoms with Gasteiger partial charge in [-0.3, -0.25) is 9.10 Å². The largest absolute Gasteiger partial charge is 0.326 e. The predicted octanol–water partition coefficient (Wildman–Crippen LogP) is 3.38. The second kappa shape index (κ2) is 5.72. The van der Waals surface area contributed by atoms with Gasteiger partial charge in [-0.15, -0.1) is 0 Å². The molecule has 4 aliphatic carbocycles. The predicted molar refractivity (Wildman–Crippen MR) is 101 cm³/mol. The van der Waals surface area contributed by atoms with Crippen LogP contribution in [0.15, 0.2) is 24.3 Å². The Morgan fingerprint density at radius 1 is 1.00 bits per heavy atom. The van der Waals surface area contributed by atoms with Crippen molar-refractivity contribution in [1.82, 2.24) is 0 Å². The fourth-order valence-electron chi connectivity index (χ4n) is 6.29. The Morgan fingerprint density at radius 3 is 2.08 bits per heavy atom. The molecule has 1 aliphatic heterocycles. The number of nitrogens with one attached hydrogen (secondary N) is 1. The molecule has 6 rings (SSSR count). The van der Waals surface area contributed by atoms with Gasteiger partial charge in [-0.1, -0.05) is 0 Å². The van der Waals surface area contributed by atoms with E-state index >= 15 is 0 Å². The van der Waals surface area contributed by atoms with E-state index in [1.807, 2.05) is 12.1 Å². The van der Waals surface area contributed by atoms with Crippen LogP contribution in [-0.4, -0.2) is 26.6 Å². The van der Waals surface area contributed by atoms with Crippen molar-refractivity contribution in [3.05, 3.63) is 24.3 Å². The molecule has 1 amide bonds. The quantitative estimate of drug-likeness (QED) is 0.882. The summed E-state index contributed by atoms with van der Waals surface area (Å²) in [6.07, 6.45) is 7.80. The number of benzene rings is 1. The van der Waals surface area contributed by atoms with Gasteiger partial charge in [0.25, 0.3) is 0 Å². The van der Waals surface area contributed by atoms with E-state index in [4.69, 9.17) is 0 Å². The molecule has 1 heterocycles. The molecule has 1 saturated heterocycles. The summed E-state index contributed by atoms with van der Waals surface area (Å²) in [5, 5.41) is 3.13. The van der Waals surface area contributed by atoms with Crippen LogP contribution in [0.5, 0.6) is 0 Å². The number of anilines is 2. The van der Waals surface area contributed by atoms with Gasteiger partial charge in [-0.25, -0.2) is 8.42 Å². The Bertz CT molecular complexity index is 796. The third kappa shape index (κ3) is 2.65. The summed E-state index contributed by atoms with van der Waals surface area (Å²) in [6.45, 7) is 0.543. The smallest absolute Gasteiger partial charge is 0.235 e. The SMILES string of the molecule is O=C(Nc1ccc(N2CCCS2(=O)=O)cc1)C12CC3CC(CC(C3)C1)C2. The number of carbonyl (C=O) groups is 1. The van der Waals surface area contributed by atoms with Crippen LogP contribution < -0.4 is 9.62 Å². The van der Waals surface area contributed by atoms with Crippen molar-refractivity contribution in [2.45, 2.75) is 44.9 Å². The molecule has 5 fully saturated rings. The lowest BCUT2D eigenvalue weighted by molar-refractivity contribution is -0.140. The van der Waals surface area contributed by atoms with Crippen LogP contribution >= 0.6 is 0 Å². The molecule has 0 unspecified atom stereocenters. The summed E-state index contributed by atoms with van der Waals surface area (Å²) >= 11 is 0. The van der Waals surface area contributed by atoms with E-state index in [0.717, 1.165) is 42.7 Å². The minimum Gasteiger partial charge on any atom is -0.326 e. The lowest BCUT2D eigenvalue weighted by Crippen LogP contribution is -2.51. The normalized spacial score (nSPS) is 37.1. The molecule has 0 spiro atoms. The number of nitrogens with zero attached hydrogens (tertiary/aromatic N) is 1. The van der Waals surface area contributed by atoms with Crippen LogP contribution in [0.25, 0.3) is 0 Å². The molecular weight excluding hydrogens is 348 g/mol. The number of carbonyl (C=O) groups excluding carboxylic acids is 1. The first-order valence-corrected chi connectivity index (χ1v) is 11.5. The van der Waals surface area contributed by atoms with E-state index in [1.54, 1.807) is 12.1 Å². The lowest BCUT2D eigenvalue weighted by atomic mass is 9.49. The van der Waals surface area contributed by atoms with Gasteiger partial charge in [-0.05, 0) is 87.0 Å². The number of sulfonamides is 1. The molecule has 0 aromatic heterocycles. The molecule has 4 saturated carbocycles. The highest BCUT2D eigenvalue weighted by molar-refractivity contribution is 7.93. The molecule has 26 heavy (non-hydrogen) atoms. The highest BCUT2D eigenvalue weighted by atomic mass is 32.2. The minimum absolute atomic E-state index is 0.161. The summed E-state index contributed by atoms with van der Waals surface area (Å²) in [5.74, 6) is 2.63. The van der Waals surface area contributed by atoms with Gasteiger partial charge in [-0.2, -0.15) is 0 Å². The van der Waals surface area contributed by atoms with Gasteiger partial charge in [0.2, 0.25) is 15.9 Å². The topological polar surface area (TPSA) is 66.5 Å². The molecule has 140 valence electrons. The van der Waals surface area contributed by atoms with Gasteiger partial charge < -0.3 is 5.32 Å². The minimum atomic E-state index is -3.16. The Kier molecular flexibility index (Phi) is 3.65. The van der Waals surface area contributed by atoms with Crippen LogP contribution in [-0.2, 0) is 14.8 Å². The first-order chi connectivity index (χ1) is 12.4. The molecular formula is C20H26N2O3S. The third-order valence-corrected chi connectivity index (χ3v) is 8.90. The van der Waals surface area contributed by atoms with E-state index < -0.39 is 10.0 Å². The summed E-state index contributed by atoms with van der Waals surface area (Å²) < 4.78 is 25.6. The zero-order valence-corrected chi connectivity index (χ0v) is 15.8. The van der Waals surface area contributed by atoms with E-state index in [-0.39, 0.29) is 17.1 Å². The fourth-order valence-corrected chi connectivity index (χ4v) is 7.86. The van der Waals surface area contributed by atoms with E-state index in [0.29, 0.717) is 18.7 Å². The molecule has 5 nitrogen and oxygen atoms in total. The van der Waals surface area contributed by atoms with Crippen LogP contribution in [0.1, 0.15) is 44.9 Å². The Labute approximate surface area is 155 Å². The first kappa shape index (κ1) is 16.6. The average Bonchev–Trinajstić information content (AvgIpc) is 2.93.